The Morgan fingerprint density at radius 2 is 2.33 bits per heavy atom. The van der Waals surface area contributed by atoms with E-state index in [1.165, 1.54) is 0 Å². The first-order valence-electron chi connectivity index (χ1n) is 6.17. The number of pyridine rings is 1. The van der Waals surface area contributed by atoms with Gasteiger partial charge in [-0.05, 0) is 19.4 Å². The van der Waals surface area contributed by atoms with Crippen molar-refractivity contribution in [3.8, 4) is 0 Å². The highest BCUT2D eigenvalue weighted by atomic mass is 16.5. The molecule has 1 rings (SSSR count). The molecule has 1 aromatic rings. The molecular formula is C13H21N3O2. The first-order chi connectivity index (χ1) is 8.69. The number of hydrogen-bond acceptors (Lipinski definition) is 4. The molecule has 0 spiro atoms. The zero-order valence-corrected chi connectivity index (χ0v) is 11.2. The van der Waals surface area contributed by atoms with Gasteiger partial charge in [0.15, 0.2) is 0 Å². The third-order valence-electron chi connectivity index (χ3n) is 2.58. The molecule has 1 heterocycles. The fourth-order valence-corrected chi connectivity index (χ4v) is 1.41. The van der Waals surface area contributed by atoms with Crippen LogP contribution >= 0.6 is 0 Å². The fraction of sp³-hybridized carbons (Fsp3) is 0.538. The summed E-state index contributed by atoms with van der Waals surface area (Å²) in [6.07, 6.45) is 4.29. The van der Waals surface area contributed by atoms with Gasteiger partial charge in [0.05, 0.1) is 23.6 Å². The molecule has 1 atom stereocenters. The molecule has 2 N–H and O–H groups in total. The van der Waals surface area contributed by atoms with Gasteiger partial charge < -0.3 is 15.4 Å². The van der Waals surface area contributed by atoms with Crippen LogP contribution in [0.15, 0.2) is 18.5 Å². The predicted octanol–water partition coefficient (Wildman–Crippen LogP) is 1.67. The van der Waals surface area contributed by atoms with Crippen LogP contribution in [0.25, 0.3) is 0 Å². The van der Waals surface area contributed by atoms with Crippen molar-refractivity contribution in [1.82, 2.24) is 10.3 Å². The van der Waals surface area contributed by atoms with Crippen LogP contribution in [0.1, 0.15) is 30.6 Å². The van der Waals surface area contributed by atoms with Gasteiger partial charge in [0.1, 0.15) is 0 Å². The van der Waals surface area contributed by atoms with Crippen molar-refractivity contribution >= 4 is 11.6 Å². The third kappa shape index (κ3) is 4.33. The summed E-state index contributed by atoms with van der Waals surface area (Å²) in [6.45, 7) is 5.29. The van der Waals surface area contributed by atoms with Crippen LogP contribution in [0, 0.1) is 0 Å². The lowest BCUT2D eigenvalue weighted by atomic mass is 10.2. The number of anilines is 1. The van der Waals surface area contributed by atoms with Gasteiger partial charge in [-0.25, -0.2) is 0 Å². The van der Waals surface area contributed by atoms with Gasteiger partial charge >= 0.3 is 0 Å². The summed E-state index contributed by atoms with van der Waals surface area (Å²) < 4.78 is 5.09. The quantitative estimate of drug-likeness (QED) is 0.773. The van der Waals surface area contributed by atoms with Gasteiger partial charge in [0, 0.05) is 26.4 Å². The highest BCUT2D eigenvalue weighted by Gasteiger charge is 2.11. The first kappa shape index (κ1) is 14.4. The molecule has 0 aliphatic heterocycles. The molecule has 0 fully saturated rings. The molecule has 1 unspecified atom stereocenters. The normalized spacial score (nSPS) is 11.9. The minimum atomic E-state index is -0.111. The van der Waals surface area contributed by atoms with E-state index >= 15 is 0 Å². The zero-order valence-electron chi connectivity index (χ0n) is 11.2. The third-order valence-corrected chi connectivity index (χ3v) is 2.58. The Morgan fingerprint density at radius 3 is 3.00 bits per heavy atom. The molecule has 0 saturated heterocycles. The van der Waals surface area contributed by atoms with Crippen LogP contribution in [-0.4, -0.2) is 37.2 Å². The van der Waals surface area contributed by atoms with E-state index in [0.717, 1.165) is 18.7 Å². The van der Waals surface area contributed by atoms with Crippen molar-refractivity contribution in [2.24, 2.45) is 0 Å². The van der Waals surface area contributed by atoms with Gasteiger partial charge in [0.25, 0.3) is 5.91 Å². The summed E-state index contributed by atoms with van der Waals surface area (Å²) >= 11 is 0. The predicted molar refractivity (Wildman–Crippen MR) is 71.8 cm³/mol. The summed E-state index contributed by atoms with van der Waals surface area (Å²) in [5, 5.41) is 6.03. The number of ether oxygens (including phenoxy) is 1. The van der Waals surface area contributed by atoms with Crippen molar-refractivity contribution in [1.29, 1.82) is 0 Å². The smallest absolute Gasteiger partial charge is 0.253 e. The maximum Gasteiger partial charge on any atom is 0.253 e. The molecule has 0 radical (unpaired) electrons. The maximum absolute atomic E-state index is 12.0. The van der Waals surface area contributed by atoms with E-state index in [0.29, 0.717) is 12.1 Å². The SMILES string of the molecule is CCCNc1cnccc1C(=O)NCC(C)OC. The van der Waals surface area contributed by atoms with E-state index < -0.39 is 0 Å². The van der Waals surface area contributed by atoms with E-state index in [9.17, 15) is 4.79 Å². The lowest BCUT2D eigenvalue weighted by molar-refractivity contribution is 0.0871. The first-order valence-corrected chi connectivity index (χ1v) is 6.17. The number of nitrogens with one attached hydrogen (secondary N) is 2. The van der Waals surface area contributed by atoms with E-state index in [1.54, 1.807) is 25.6 Å². The molecule has 100 valence electrons. The lowest BCUT2D eigenvalue weighted by Crippen LogP contribution is -2.32. The summed E-state index contributed by atoms with van der Waals surface area (Å²) in [5.41, 5.74) is 1.38. The van der Waals surface area contributed by atoms with Crippen molar-refractivity contribution in [2.45, 2.75) is 26.4 Å². The minimum Gasteiger partial charge on any atom is -0.383 e. The second-order valence-corrected chi connectivity index (χ2v) is 4.10. The van der Waals surface area contributed by atoms with E-state index in [4.69, 9.17) is 4.74 Å². The minimum absolute atomic E-state index is 0.00263. The standard InChI is InChI=1S/C13H21N3O2/c1-4-6-15-12-9-14-7-5-11(12)13(17)16-8-10(2)18-3/h5,7,9-10,15H,4,6,8H2,1-3H3,(H,16,17). The number of amides is 1. The Hall–Kier alpha value is -1.62. The van der Waals surface area contributed by atoms with Crippen LogP contribution in [0.5, 0.6) is 0 Å². The molecule has 0 bridgehead atoms. The van der Waals surface area contributed by atoms with Gasteiger partial charge in [0.2, 0.25) is 0 Å². The number of aromatic nitrogens is 1. The topological polar surface area (TPSA) is 63.2 Å². The maximum atomic E-state index is 12.0. The Kier molecular flexibility index (Phi) is 6.14. The molecule has 1 amide bonds. The summed E-state index contributed by atoms with van der Waals surface area (Å²) in [6, 6.07) is 1.71. The van der Waals surface area contributed by atoms with Crippen LogP contribution in [0.4, 0.5) is 5.69 Å². The number of rotatable bonds is 7. The van der Waals surface area contributed by atoms with Gasteiger partial charge in [-0.2, -0.15) is 0 Å². The highest BCUT2D eigenvalue weighted by molar-refractivity contribution is 5.99. The van der Waals surface area contributed by atoms with Crippen LogP contribution in [0.3, 0.4) is 0 Å². The van der Waals surface area contributed by atoms with E-state index in [1.807, 2.05) is 6.92 Å². The molecule has 5 nitrogen and oxygen atoms in total. The monoisotopic (exact) mass is 251 g/mol. The van der Waals surface area contributed by atoms with E-state index in [-0.39, 0.29) is 12.0 Å². The molecule has 0 aliphatic carbocycles. The Balaban J connectivity index is 2.66. The van der Waals surface area contributed by atoms with Crippen LogP contribution in [-0.2, 0) is 4.74 Å². The van der Waals surface area contributed by atoms with Crippen LogP contribution < -0.4 is 10.6 Å². The summed E-state index contributed by atoms with van der Waals surface area (Å²) in [5.74, 6) is -0.111. The Bertz CT molecular complexity index is 382. The second kappa shape index (κ2) is 7.66. The molecule has 18 heavy (non-hydrogen) atoms. The number of carbonyl (C=O) groups is 1. The molecule has 0 saturated carbocycles. The van der Waals surface area contributed by atoms with Crippen LogP contribution in [0.2, 0.25) is 0 Å². The van der Waals surface area contributed by atoms with Crippen molar-refractivity contribution in [2.75, 3.05) is 25.5 Å². The molecule has 1 aromatic heterocycles. The Labute approximate surface area is 108 Å². The van der Waals surface area contributed by atoms with Gasteiger partial charge in [-0.15, -0.1) is 0 Å². The highest BCUT2D eigenvalue weighted by Crippen LogP contribution is 2.13. The molecular weight excluding hydrogens is 230 g/mol. The largest absolute Gasteiger partial charge is 0.383 e. The summed E-state index contributed by atoms with van der Waals surface area (Å²) in [4.78, 5) is 16.0. The molecule has 5 heteroatoms. The van der Waals surface area contributed by atoms with Crippen molar-refractivity contribution < 1.29 is 9.53 Å². The van der Waals surface area contributed by atoms with E-state index in [2.05, 4.69) is 22.5 Å². The fourth-order valence-electron chi connectivity index (χ4n) is 1.41. The molecule has 0 aliphatic rings. The lowest BCUT2D eigenvalue weighted by Gasteiger charge is -2.13. The van der Waals surface area contributed by atoms with Gasteiger partial charge in [-0.3, -0.25) is 9.78 Å². The number of hydrogen-bond donors (Lipinski definition) is 2. The molecule has 0 aromatic carbocycles. The average Bonchev–Trinajstić information content (AvgIpc) is 2.42. The zero-order chi connectivity index (χ0) is 13.4. The second-order valence-electron chi connectivity index (χ2n) is 4.10. The average molecular weight is 251 g/mol. The summed E-state index contributed by atoms with van der Waals surface area (Å²) in [7, 11) is 1.62. The number of methoxy groups -OCH3 is 1. The number of carbonyl (C=O) groups excluding carboxylic acids is 1. The Morgan fingerprint density at radius 1 is 1.56 bits per heavy atom. The van der Waals surface area contributed by atoms with Gasteiger partial charge in [-0.1, -0.05) is 6.92 Å². The van der Waals surface area contributed by atoms with Crippen molar-refractivity contribution in [3.05, 3.63) is 24.0 Å². The number of nitrogens with zero attached hydrogens (tertiary/aromatic N) is 1. The van der Waals surface area contributed by atoms with Crippen molar-refractivity contribution in [3.63, 3.8) is 0 Å².